The normalized spacial score (nSPS) is 10.5. The van der Waals surface area contributed by atoms with Crippen molar-refractivity contribution in [2.75, 3.05) is 0 Å². The van der Waals surface area contributed by atoms with Crippen LogP contribution >= 0.6 is 0 Å². The summed E-state index contributed by atoms with van der Waals surface area (Å²) < 4.78 is 12.7. The van der Waals surface area contributed by atoms with Crippen LogP contribution in [0.4, 0.5) is 4.39 Å². The molecule has 4 nitrogen and oxygen atoms in total. The zero-order valence-corrected chi connectivity index (χ0v) is 8.00. The molecule has 0 saturated heterocycles. The predicted molar refractivity (Wildman–Crippen MR) is 55.0 cm³/mol. The first-order valence-corrected chi connectivity index (χ1v) is 4.53. The van der Waals surface area contributed by atoms with E-state index in [1.54, 1.807) is 18.3 Å². The lowest BCUT2D eigenvalue weighted by molar-refractivity contribution is 0.628. The molecular weight excluding hydrogens is 195 g/mol. The van der Waals surface area contributed by atoms with Gasteiger partial charge in [0.2, 0.25) is 0 Å². The highest BCUT2D eigenvalue weighted by molar-refractivity contribution is 5.62. The van der Waals surface area contributed by atoms with Gasteiger partial charge in [0.25, 0.3) is 0 Å². The van der Waals surface area contributed by atoms with E-state index in [2.05, 4.69) is 15.6 Å². The predicted octanol–water partition coefficient (Wildman–Crippen LogP) is 1.18. The molecule has 1 aromatic carbocycles. The molecule has 4 N–H and O–H groups in total. The molecule has 0 aliphatic heterocycles. The van der Waals surface area contributed by atoms with Gasteiger partial charge in [-0.05, 0) is 24.3 Å². The van der Waals surface area contributed by atoms with E-state index in [4.69, 9.17) is 5.84 Å². The summed E-state index contributed by atoms with van der Waals surface area (Å²) in [7, 11) is 0. The number of nitrogens with zero attached hydrogens (tertiary/aromatic N) is 1. The molecule has 1 aromatic heterocycles. The fourth-order valence-electron chi connectivity index (χ4n) is 1.42. The van der Waals surface area contributed by atoms with Gasteiger partial charge in [-0.2, -0.15) is 5.10 Å². The molecule has 2 aromatic rings. The molecule has 0 unspecified atom stereocenters. The van der Waals surface area contributed by atoms with E-state index in [1.807, 2.05) is 0 Å². The standard InChI is InChI=1S/C10H11FN4/c11-9-3-1-7(2-4-9)10-8(5-13-12)6-14-15-10/h1-4,6,13H,5,12H2,(H,14,15). The van der Waals surface area contributed by atoms with Gasteiger partial charge in [0.1, 0.15) is 5.82 Å². The maximum Gasteiger partial charge on any atom is 0.123 e. The Morgan fingerprint density at radius 3 is 2.73 bits per heavy atom. The Kier molecular flexibility index (Phi) is 2.75. The van der Waals surface area contributed by atoms with Crippen LogP contribution in [0.25, 0.3) is 11.3 Å². The Balaban J connectivity index is 2.36. The van der Waals surface area contributed by atoms with E-state index in [0.29, 0.717) is 6.54 Å². The van der Waals surface area contributed by atoms with Crippen LogP contribution in [0.3, 0.4) is 0 Å². The molecule has 0 bridgehead atoms. The van der Waals surface area contributed by atoms with Gasteiger partial charge in [0.05, 0.1) is 11.9 Å². The van der Waals surface area contributed by atoms with E-state index in [-0.39, 0.29) is 5.82 Å². The van der Waals surface area contributed by atoms with Gasteiger partial charge in [-0.1, -0.05) is 0 Å². The molecule has 0 aliphatic carbocycles. The van der Waals surface area contributed by atoms with Crippen LogP contribution in [0.5, 0.6) is 0 Å². The molecule has 0 aliphatic rings. The van der Waals surface area contributed by atoms with Crippen LogP contribution in [0, 0.1) is 5.82 Å². The third-order valence-electron chi connectivity index (χ3n) is 2.14. The Labute approximate surface area is 86.3 Å². The van der Waals surface area contributed by atoms with Crippen LogP contribution in [-0.2, 0) is 6.54 Å². The van der Waals surface area contributed by atoms with Crippen molar-refractivity contribution in [3.05, 3.63) is 41.8 Å². The number of rotatable bonds is 3. The summed E-state index contributed by atoms with van der Waals surface area (Å²) >= 11 is 0. The second kappa shape index (κ2) is 4.20. The van der Waals surface area contributed by atoms with Gasteiger partial charge in [-0.25, -0.2) is 4.39 Å². The largest absolute Gasteiger partial charge is 0.278 e. The van der Waals surface area contributed by atoms with Crippen molar-refractivity contribution in [2.24, 2.45) is 5.84 Å². The van der Waals surface area contributed by atoms with Crippen molar-refractivity contribution in [2.45, 2.75) is 6.54 Å². The highest BCUT2D eigenvalue weighted by atomic mass is 19.1. The lowest BCUT2D eigenvalue weighted by Gasteiger charge is -2.02. The minimum Gasteiger partial charge on any atom is -0.278 e. The van der Waals surface area contributed by atoms with Crippen LogP contribution in [0.1, 0.15) is 5.56 Å². The monoisotopic (exact) mass is 206 g/mol. The molecule has 78 valence electrons. The van der Waals surface area contributed by atoms with Gasteiger partial charge in [0.15, 0.2) is 0 Å². The molecule has 0 atom stereocenters. The first kappa shape index (κ1) is 9.82. The quantitative estimate of drug-likeness (QED) is 0.522. The van der Waals surface area contributed by atoms with E-state index >= 15 is 0 Å². The number of nitrogens with two attached hydrogens (primary N) is 1. The lowest BCUT2D eigenvalue weighted by Crippen LogP contribution is -2.20. The van der Waals surface area contributed by atoms with Gasteiger partial charge in [-0.15, -0.1) is 0 Å². The third kappa shape index (κ3) is 2.03. The second-order valence-corrected chi connectivity index (χ2v) is 3.16. The number of hydrazine groups is 1. The maximum absolute atomic E-state index is 12.7. The number of hydrogen-bond donors (Lipinski definition) is 3. The third-order valence-corrected chi connectivity index (χ3v) is 2.14. The van der Waals surface area contributed by atoms with Crippen molar-refractivity contribution in [3.8, 4) is 11.3 Å². The summed E-state index contributed by atoms with van der Waals surface area (Å²) in [6, 6.07) is 6.22. The second-order valence-electron chi connectivity index (χ2n) is 3.16. The van der Waals surface area contributed by atoms with Crippen molar-refractivity contribution < 1.29 is 4.39 Å². The molecule has 0 radical (unpaired) electrons. The molecular formula is C10H11FN4. The Morgan fingerprint density at radius 2 is 2.07 bits per heavy atom. The van der Waals surface area contributed by atoms with Crippen LogP contribution in [0.15, 0.2) is 30.5 Å². The van der Waals surface area contributed by atoms with Gasteiger partial charge < -0.3 is 0 Å². The lowest BCUT2D eigenvalue weighted by atomic mass is 10.1. The zero-order valence-electron chi connectivity index (χ0n) is 8.00. The number of aromatic amines is 1. The summed E-state index contributed by atoms with van der Waals surface area (Å²) in [6.45, 7) is 0.517. The van der Waals surface area contributed by atoms with Crippen LogP contribution in [-0.4, -0.2) is 10.2 Å². The number of halogens is 1. The van der Waals surface area contributed by atoms with E-state index in [1.165, 1.54) is 12.1 Å². The summed E-state index contributed by atoms with van der Waals surface area (Å²) in [5.41, 5.74) is 5.25. The van der Waals surface area contributed by atoms with E-state index in [0.717, 1.165) is 16.8 Å². The number of benzene rings is 1. The smallest absolute Gasteiger partial charge is 0.123 e. The average Bonchev–Trinajstić information content (AvgIpc) is 2.68. The number of H-pyrrole nitrogens is 1. The van der Waals surface area contributed by atoms with Gasteiger partial charge in [0, 0.05) is 17.7 Å². The fourth-order valence-corrected chi connectivity index (χ4v) is 1.42. The summed E-state index contributed by atoms with van der Waals surface area (Å²) in [5.74, 6) is 4.99. The SMILES string of the molecule is NNCc1cn[nH]c1-c1ccc(F)cc1. The van der Waals surface area contributed by atoms with Crippen molar-refractivity contribution in [1.29, 1.82) is 0 Å². The van der Waals surface area contributed by atoms with Gasteiger partial charge >= 0.3 is 0 Å². The molecule has 1 heterocycles. The number of aromatic nitrogens is 2. The number of hydrogen-bond acceptors (Lipinski definition) is 3. The first-order chi connectivity index (χ1) is 7.31. The van der Waals surface area contributed by atoms with Crippen LogP contribution in [0.2, 0.25) is 0 Å². The molecule has 5 heteroatoms. The topological polar surface area (TPSA) is 66.7 Å². The Morgan fingerprint density at radius 1 is 1.33 bits per heavy atom. The molecule has 0 amide bonds. The molecule has 0 spiro atoms. The molecule has 0 fully saturated rings. The minimum atomic E-state index is -0.253. The molecule has 15 heavy (non-hydrogen) atoms. The van der Waals surface area contributed by atoms with Crippen molar-refractivity contribution in [1.82, 2.24) is 15.6 Å². The number of nitrogens with one attached hydrogen (secondary N) is 2. The van der Waals surface area contributed by atoms with Crippen molar-refractivity contribution in [3.63, 3.8) is 0 Å². The zero-order chi connectivity index (χ0) is 10.7. The minimum absolute atomic E-state index is 0.253. The van der Waals surface area contributed by atoms with E-state index < -0.39 is 0 Å². The summed E-state index contributed by atoms with van der Waals surface area (Å²) in [6.07, 6.45) is 1.69. The molecule has 2 rings (SSSR count). The Bertz CT molecular complexity index is 435. The van der Waals surface area contributed by atoms with E-state index in [9.17, 15) is 4.39 Å². The molecule has 0 saturated carbocycles. The summed E-state index contributed by atoms with van der Waals surface area (Å²) in [4.78, 5) is 0. The van der Waals surface area contributed by atoms with Gasteiger partial charge in [-0.3, -0.25) is 16.4 Å². The van der Waals surface area contributed by atoms with Crippen LogP contribution < -0.4 is 11.3 Å². The summed E-state index contributed by atoms with van der Waals surface area (Å²) in [5, 5.41) is 6.78. The first-order valence-electron chi connectivity index (χ1n) is 4.53. The van der Waals surface area contributed by atoms with Crippen molar-refractivity contribution >= 4 is 0 Å². The maximum atomic E-state index is 12.7. The average molecular weight is 206 g/mol. The highest BCUT2D eigenvalue weighted by Gasteiger charge is 2.06. The fraction of sp³-hybridized carbons (Fsp3) is 0.100. The Hall–Kier alpha value is -1.72. The highest BCUT2D eigenvalue weighted by Crippen LogP contribution is 2.20.